The predicted octanol–water partition coefficient (Wildman–Crippen LogP) is 10.1. The zero-order valence-electron chi connectivity index (χ0n) is 23.0. The first-order valence-corrected chi connectivity index (χ1v) is 13.6. The third-order valence-corrected chi connectivity index (χ3v) is 5.99. The van der Waals surface area contributed by atoms with E-state index in [1.165, 1.54) is 16.7 Å². The molecular weight excluding hydrogens is 460 g/mol. The smallest absolute Gasteiger partial charge is 0.0980 e. The molecule has 38 heavy (non-hydrogen) atoms. The van der Waals surface area contributed by atoms with Crippen LogP contribution in [0.4, 0.5) is 5.69 Å². The summed E-state index contributed by atoms with van der Waals surface area (Å²) < 4.78 is 0. The Morgan fingerprint density at radius 3 is 2.47 bits per heavy atom. The van der Waals surface area contributed by atoms with Crippen LogP contribution in [-0.4, -0.2) is 5.71 Å². The molecule has 0 bridgehead atoms. The lowest BCUT2D eigenvalue weighted by Gasteiger charge is -2.15. The van der Waals surface area contributed by atoms with E-state index < -0.39 is 0 Å². The van der Waals surface area contributed by atoms with Gasteiger partial charge in [0.15, 0.2) is 0 Å². The molecule has 0 unspecified atom stereocenters. The lowest BCUT2D eigenvalue weighted by Crippen LogP contribution is -2.10. The van der Waals surface area contributed by atoms with Gasteiger partial charge in [0.25, 0.3) is 0 Å². The molecule has 0 saturated heterocycles. The van der Waals surface area contributed by atoms with Crippen molar-refractivity contribution in [3.05, 3.63) is 150 Å². The summed E-state index contributed by atoms with van der Waals surface area (Å²) in [6.07, 6.45) is 19.0. The zero-order valence-corrected chi connectivity index (χ0v) is 23.0. The summed E-state index contributed by atoms with van der Waals surface area (Å²) in [5.74, 6) is 0. The highest BCUT2D eigenvalue weighted by molar-refractivity contribution is 6.16. The Balaban J connectivity index is 0.00000127. The summed E-state index contributed by atoms with van der Waals surface area (Å²) in [5.41, 5.74) is 12.5. The maximum Gasteiger partial charge on any atom is 0.0980 e. The van der Waals surface area contributed by atoms with Crippen LogP contribution in [0.25, 0.3) is 11.1 Å². The Labute approximate surface area is 229 Å². The fourth-order valence-electron chi connectivity index (χ4n) is 4.32. The minimum Gasteiger partial charge on any atom is -0.277 e. The van der Waals surface area contributed by atoms with Crippen molar-refractivity contribution < 1.29 is 0 Å². The number of benzene rings is 3. The molecule has 0 saturated carbocycles. The van der Waals surface area contributed by atoms with Gasteiger partial charge >= 0.3 is 0 Å². The first-order chi connectivity index (χ1) is 18.7. The van der Waals surface area contributed by atoms with Crippen LogP contribution in [0.15, 0.2) is 144 Å². The second-order valence-electron chi connectivity index (χ2n) is 9.06. The van der Waals surface area contributed by atoms with Crippen LogP contribution in [0.2, 0.25) is 0 Å². The minimum atomic E-state index is 0.927. The third-order valence-electron chi connectivity index (χ3n) is 5.99. The van der Waals surface area contributed by atoms with Crippen molar-refractivity contribution in [3.8, 4) is 11.1 Å². The van der Waals surface area contributed by atoms with Gasteiger partial charge in [0, 0.05) is 16.7 Å². The van der Waals surface area contributed by atoms with Gasteiger partial charge in [0.05, 0.1) is 11.4 Å². The topological polar surface area (TPSA) is 24.4 Å². The van der Waals surface area contributed by atoms with Crippen LogP contribution >= 0.6 is 0 Å². The van der Waals surface area contributed by atoms with Gasteiger partial charge in [-0.25, -0.2) is 0 Å². The maximum absolute atomic E-state index is 5.03. The van der Waals surface area contributed by atoms with Gasteiger partial charge in [-0.1, -0.05) is 136 Å². The van der Waals surface area contributed by atoms with Crippen molar-refractivity contribution in [2.24, 2.45) is 5.10 Å². The number of hydrazone groups is 1. The molecule has 1 N–H and O–H groups in total. The highest BCUT2D eigenvalue weighted by atomic mass is 15.3. The average molecular weight is 501 g/mol. The van der Waals surface area contributed by atoms with Crippen molar-refractivity contribution in [2.75, 3.05) is 5.43 Å². The molecule has 2 heteroatoms. The van der Waals surface area contributed by atoms with Crippen LogP contribution in [0, 0.1) is 0 Å². The second kappa shape index (κ2) is 15.8. The molecule has 0 atom stereocenters. The lowest BCUT2D eigenvalue weighted by molar-refractivity contribution is 0.922. The Hall–Kier alpha value is -4.17. The number of para-hydroxylation sites is 1. The number of anilines is 1. The van der Waals surface area contributed by atoms with Crippen LogP contribution in [0.5, 0.6) is 0 Å². The Kier molecular flexibility index (Phi) is 11.8. The standard InChI is InChI=1S/C33H34N2.C3H6/c1-3-15-26-17-14-22-29(25-26)30-23-12-13-24-32(30)34-35-33(28-20-10-7-11-21-28)31(16-4-2)27-18-8-5-6-9-19-27;1-3-2/h5,7-14,16-25,34H,3-4,6,15H2,1-2H3;3H,1H2,2H3/b31-16+,35-33-;. The molecule has 0 heterocycles. The number of allylic oxidation sites excluding steroid dienone is 9. The predicted molar refractivity (Wildman–Crippen MR) is 168 cm³/mol. The molecular formula is C36H40N2. The van der Waals surface area contributed by atoms with Crippen LogP contribution < -0.4 is 5.43 Å². The van der Waals surface area contributed by atoms with Crippen molar-refractivity contribution >= 4 is 11.4 Å². The molecule has 3 aromatic rings. The lowest BCUT2D eigenvalue weighted by atomic mass is 9.94. The number of rotatable bonds is 9. The van der Waals surface area contributed by atoms with Gasteiger partial charge in [0.2, 0.25) is 0 Å². The molecule has 3 aromatic carbocycles. The normalized spacial score (nSPS) is 13.2. The largest absolute Gasteiger partial charge is 0.277 e. The summed E-state index contributed by atoms with van der Waals surface area (Å²) in [6, 6.07) is 27.7. The summed E-state index contributed by atoms with van der Waals surface area (Å²) >= 11 is 0. The Bertz CT molecular complexity index is 1320. The van der Waals surface area contributed by atoms with Crippen molar-refractivity contribution in [3.63, 3.8) is 0 Å². The van der Waals surface area contributed by atoms with Crippen LogP contribution in [0.1, 0.15) is 51.2 Å². The van der Waals surface area contributed by atoms with Gasteiger partial charge in [-0.2, -0.15) is 5.10 Å². The number of aryl methyl sites for hydroxylation is 1. The first kappa shape index (κ1) is 28.4. The van der Waals surface area contributed by atoms with Crippen LogP contribution in [0.3, 0.4) is 0 Å². The first-order valence-electron chi connectivity index (χ1n) is 13.6. The van der Waals surface area contributed by atoms with E-state index in [0.717, 1.165) is 53.8 Å². The van der Waals surface area contributed by atoms with E-state index in [9.17, 15) is 0 Å². The second-order valence-corrected chi connectivity index (χ2v) is 9.06. The molecule has 0 radical (unpaired) electrons. The summed E-state index contributed by atoms with van der Waals surface area (Å²) in [7, 11) is 0. The molecule has 0 fully saturated rings. The quantitative estimate of drug-likeness (QED) is 0.176. The summed E-state index contributed by atoms with van der Waals surface area (Å²) in [6.45, 7) is 9.64. The fraction of sp³-hybridized carbons (Fsp3) is 0.194. The van der Waals surface area contributed by atoms with Gasteiger partial charge < -0.3 is 0 Å². The van der Waals surface area contributed by atoms with E-state index in [1.807, 2.05) is 13.0 Å². The number of hydrogen-bond acceptors (Lipinski definition) is 2. The fourth-order valence-corrected chi connectivity index (χ4v) is 4.32. The van der Waals surface area contributed by atoms with E-state index in [-0.39, 0.29) is 0 Å². The molecule has 2 nitrogen and oxygen atoms in total. The van der Waals surface area contributed by atoms with Crippen molar-refractivity contribution in [1.29, 1.82) is 0 Å². The molecule has 0 amide bonds. The van der Waals surface area contributed by atoms with Gasteiger partial charge in [-0.15, -0.1) is 6.58 Å². The van der Waals surface area contributed by atoms with E-state index in [4.69, 9.17) is 5.10 Å². The van der Waals surface area contributed by atoms with Crippen LogP contribution in [-0.2, 0) is 6.42 Å². The number of hydrogen-bond donors (Lipinski definition) is 1. The highest BCUT2D eigenvalue weighted by Crippen LogP contribution is 2.30. The van der Waals surface area contributed by atoms with E-state index >= 15 is 0 Å². The zero-order chi connectivity index (χ0) is 27.0. The molecule has 0 aromatic heterocycles. The van der Waals surface area contributed by atoms with Gasteiger partial charge in [-0.05, 0) is 49.0 Å². The highest BCUT2D eigenvalue weighted by Gasteiger charge is 2.14. The maximum atomic E-state index is 5.03. The molecule has 1 aliphatic rings. The number of nitrogens with one attached hydrogen (secondary N) is 1. The van der Waals surface area contributed by atoms with Crippen molar-refractivity contribution in [2.45, 2.75) is 46.5 Å². The molecule has 194 valence electrons. The molecule has 4 rings (SSSR count). The SMILES string of the molecule is C=CC.CC/C=C(C1=CC=CCC=C1)/C(=N\Nc1ccccc1-c1cccc(CCC)c1)c1ccccc1. The Morgan fingerprint density at radius 1 is 0.947 bits per heavy atom. The van der Waals surface area contributed by atoms with E-state index in [1.54, 1.807) is 6.08 Å². The van der Waals surface area contributed by atoms with Gasteiger partial charge in [0.1, 0.15) is 0 Å². The van der Waals surface area contributed by atoms with E-state index in [0.29, 0.717) is 0 Å². The minimum absolute atomic E-state index is 0.927. The van der Waals surface area contributed by atoms with Gasteiger partial charge in [-0.3, -0.25) is 5.43 Å². The molecule has 1 aliphatic carbocycles. The Morgan fingerprint density at radius 2 is 1.71 bits per heavy atom. The molecule has 0 spiro atoms. The van der Waals surface area contributed by atoms with E-state index in [2.05, 4.69) is 135 Å². The summed E-state index contributed by atoms with van der Waals surface area (Å²) in [4.78, 5) is 0. The third kappa shape index (κ3) is 8.18. The average Bonchev–Trinajstić information content (AvgIpc) is 3.24. The van der Waals surface area contributed by atoms with Crippen molar-refractivity contribution in [1.82, 2.24) is 0 Å². The molecule has 0 aliphatic heterocycles. The monoisotopic (exact) mass is 500 g/mol. The summed E-state index contributed by atoms with van der Waals surface area (Å²) in [5, 5.41) is 5.03. The number of nitrogens with zero attached hydrogens (tertiary/aromatic N) is 1.